The van der Waals surface area contributed by atoms with Crippen molar-refractivity contribution in [2.75, 3.05) is 18.8 Å². The van der Waals surface area contributed by atoms with Gasteiger partial charge in [-0.2, -0.15) is 8.75 Å². The number of aromatic nitrogens is 2. The number of carbonyl (C=O) groups is 2. The first kappa shape index (κ1) is 26.1. The quantitative estimate of drug-likeness (QED) is 0.446. The first-order valence-corrected chi connectivity index (χ1v) is 15.8. The molecule has 0 aromatic carbocycles. The van der Waals surface area contributed by atoms with Crippen LogP contribution in [0, 0.1) is 11.8 Å². The SMILES string of the molecule is Nc1cc(C(=O)N2CCC[C@@H]3CCCC[C@@H]32)ns1.O=C(c1cc(Br)sn1)N1CCC[C@@H]2CCCC[C@@H]21. The Labute approximate surface area is 230 Å². The number of fused-ring (bicyclic) bond motifs is 2. The van der Waals surface area contributed by atoms with E-state index in [-0.39, 0.29) is 11.8 Å². The van der Waals surface area contributed by atoms with Crippen molar-refractivity contribution >= 4 is 55.8 Å². The Morgan fingerprint density at radius 1 is 0.750 bits per heavy atom. The second kappa shape index (κ2) is 11.9. The van der Waals surface area contributed by atoms with Gasteiger partial charge in [0.15, 0.2) is 0 Å². The summed E-state index contributed by atoms with van der Waals surface area (Å²) in [4.78, 5) is 29.1. The third-order valence-electron chi connectivity index (χ3n) is 8.46. The molecular formula is C26H36BrN5O2S2. The monoisotopic (exact) mass is 593 g/mol. The third-order valence-corrected chi connectivity index (χ3v) is 10.3. The van der Waals surface area contributed by atoms with Gasteiger partial charge in [0.2, 0.25) is 0 Å². The average molecular weight is 595 g/mol. The second-order valence-corrected chi connectivity index (χ2v) is 13.7. The molecule has 2 amide bonds. The zero-order valence-electron chi connectivity index (χ0n) is 20.7. The van der Waals surface area contributed by atoms with Gasteiger partial charge in [0, 0.05) is 31.2 Å². The fourth-order valence-electron chi connectivity index (χ4n) is 6.79. The van der Waals surface area contributed by atoms with Crippen LogP contribution in [0.4, 0.5) is 5.00 Å². The van der Waals surface area contributed by atoms with Crippen molar-refractivity contribution in [3.63, 3.8) is 0 Å². The van der Waals surface area contributed by atoms with Gasteiger partial charge in [0.05, 0.1) is 3.79 Å². The molecule has 196 valence electrons. The van der Waals surface area contributed by atoms with Gasteiger partial charge in [0.1, 0.15) is 16.4 Å². The lowest BCUT2D eigenvalue weighted by molar-refractivity contribution is 0.0381. The van der Waals surface area contributed by atoms with E-state index in [1.54, 1.807) is 6.07 Å². The number of nitrogens with zero attached hydrogens (tertiary/aromatic N) is 4. The summed E-state index contributed by atoms with van der Waals surface area (Å²) in [6.45, 7) is 1.80. The van der Waals surface area contributed by atoms with E-state index in [9.17, 15) is 9.59 Å². The Bertz CT molecular complexity index is 973. The molecule has 10 heteroatoms. The number of rotatable bonds is 2. The van der Waals surface area contributed by atoms with E-state index < -0.39 is 0 Å². The van der Waals surface area contributed by atoms with Gasteiger partial charge in [-0.3, -0.25) is 9.59 Å². The van der Waals surface area contributed by atoms with Crippen LogP contribution in [0.15, 0.2) is 15.9 Å². The summed E-state index contributed by atoms with van der Waals surface area (Å²) in [7, 11) is 0. The highest BCUT2D eigenvalue weighted by Crippen LogP contribution is 2.37. The van der Waals surface area contributed by atoms with Crippen molar-refractivity contribution in [2.24, 2.45) is 11.8 Å². The third kappa shape index (κ3) is 5.80. The number of hydrogen-bond acceptors (Lipinski definition) is 7. The Kier molecular flexibility index (Phi) is 8.63. The molecule has 2 aromatic rings. The van der Waals surface area contributed by atoms with Gasteiger partial charge in [-0.25, -0.2) is 0 Å². The lowest BCUT2D eigenvalue weighted by Crippen LogP contribution is -2.49. The number of piperidine rings is 2. The molecule has 4 fully saturated rings. The molecular weight excluding hydrogens is 558 g/mol. The minimum atomic E-state index is 0.0829. The van der Waals surface area contributed by atoms with Crippen molar-refractivity contribution in [3.05, 3.63) is 27.3 Å². The van der Waals surface area contributed by atoms with Crippen LogP contribution in [0.3, 0.4) is 0 Å². The van der Waals surface area contributed by atoms with Crippen molar-refractivity contribution in [2.45, 2.75) is 89.1 Å². The Hall–Kier alpha value is -1.52. The number of amides is 2. The predicted molar refractivity (Wildman–Crippen MR) is 148 cm³/mol. The van der Waals surface area contributed by atoms with Crippen LogP contribution >= 0.6 is 39.0 Å². The molecule has 0 spiro atoms. The van der Waals surface area contributed by atoms with Crippen molar-refractivity contribution in [1.29, 1.82) is 0 Å². The van der Waals surface area contributed by atoms with E-state index in [0.717, 1.165) is 42.1 Å². The van der Waals surface area contributed by atoms with Crippen molar-refractivity contribution in [3.8, 4) is 0 Å². The van der Waals surface area contributed by atoms with E-state index in [1.807, 2.05) is 6.07 Å². The summed E-state index contributed by atoms with van der Waals surface area (Å²) in [5.74, 6) is 1.67. The van der Waals surface area contributed by atoms with Gasteiger partial charge in [-0.1, -0.05) is 25.7 Å². The summed E-state index contributed by atoms with van der Waals surface area (Å²) >= 11 is 5.93. The minimum Gasteiger partial charge on any atom is -0.389 e. The number of nitrogen functional groups attached to an aromatic ring is 1. The lowest BCUT2D eigenvalue weighted by atomic mass is 9.78. The Morgan fingerprint density at radius 2 is 1.22 bits per heavy atom. The summed E-state index contributed by atoms with van der Waals surface area (Å²) in [5, 5.41) is 0.621. The first-order chi connectivity index (χ1) is 17.5. The smallest absolute Gasteiger partial charge is 0.273 e. The molecule has 7 nitrogen and oxygen atoms in total. The number of nitrogens with two attached hydrogens (primary N) is 1. The average Bonchev–Trinajstić information content (AvgIpc) is 3.56. The van der Waals surface area contributed by atoms with Crippen LogP contribution in [0.25, 0.3) is 0 Å². The summed E-state index contributed by atoms with van der Waals surface area (Å²) in [6.07, 6.45) is 15.0. The molecule has 0 radical (unpaired) electrons. The molecule has 2 aromatic heterocycles. The predicted octanol–water partition coefficient (Wildman–Crippen LogP) is 6.22. The molecule has 4 heterocycles. The summed E-state index contributed by atoms with van der Waals surface area (Å²) in [6, 6.07) is 4.47. The van der Waals surface area contributed by atoms with Crippen LogP contribution < -0.4 is 5.73 Å². The largest absolute Gasteiger partial charge is 0.389 e. The zero-order chi connectivity index (χ0) is 25.1. The van der Waals surface area contributed by atoms with Gasteiger partial charge in [0.25, 0.3) is 11.8 Å². The van der Waals surface area contributed by atoms with E-state index in [0.29, 0.717) is 34.4 Å². The fraction of sp³-hybridized carbons (Fsp3) is 0.692. The van der Waals surface area contributed by atoms with Crippen LogP contribution in [0.1, 0.15) is 98.0 Å². The molecule has 36 heavy (non-hydrogen) atoms. The van der Waals surface area contributed by atoms with Crippen LogP contribution in [-0.2, 0) is 0 Å². The first-order valence-electron chi connectivity index (χ1n) is 13.5. The molecule has 6 rings (SSSR count). The summed E-state index contributed by atoms with van der Waals surface area (Å²) < 4.78 is 9.32. The van der Waals surface area contributed by atoms with Crippen molar-refractivity contribution in [1.82, 2.24) is 18.5 Å². The van der Waals surface area contributed by atoms with Crippen LogP contribution in [-0.4, -0.2) is 55.5 Å². The van der Waals surface area contributed by atoms with Gasteiger partial charge < -0.3 is 15.5 Å². The highest BCUT2D eigenvalue weighted by molar-refractivity contribution is 9.11. The molecule has 4 aliphatic rings. The van der Waals surface area contributed by atoms with E-state index in [4.69, 9.17) is 5.73 Å². The van der Waals surface area contributed by atoms with E-state index in [2.05, 4.69) is 34.5 Å². The molecule has 0 unspecified atom stereocenters. The lowest BCUT2D eigenvalue weighted by Gasteiger charge is -2.43. The molecule has 2 aliphatic heterocycles. The number of carbonyl (C=O) groups excluding carboxylic acids is 2. The zero-order valence-corrected chi connectivity index (χ0v) is 24.0. The molecule has 0 bridgehead atoms. The maximum atomic E-state index is 12.5. The number of anilines is 1. The fourth-order valence-corrected chi connectivity index (χ4v) is 8.21. The van der Waals surface area contributed by atoms with Crippen LogP contribution in [0.2, 0.25) is 0 Å². The molecule has 2 saturated heterocycles. The van der Waals surface area contributed by atoms with Crippen LogP contribution in [0.5, 0.6) is 0 Å². The topological polar surface area (TPSA) is 92.4 Å². The van der Waals surface area contributed by atoms with E-state index in [1.165, 1.54) is 80.9 Å². The minimum absolute atomic E-state index is 0.0829. The summed E-state index contributed by atoms with van der Waals surface area (Å²) in [5.41, 5.74) is 6.80. The maximum absolute atomic E-state index is 12.5. The van der Waals surface area contributed by atoms with Gasteiger partial charge >= 0.3 is 0 Å². The van der Waals surface area contributed by atoms with E-state index >= 15 is 0 Å². The highest BCUT2D eigenvalue weighted by atomic mass is 79.9. The second-order valence-electron chi connectivity index (χ2n) is 10.6. The number of hydrogen-bond donors (Lipinski definition) is 1. The normalized spacial score (nSPS) is 27.9. The highest BCUT2D eigenvalue weighted by Gasteiger charge is 2.37. The molecule has 2 N–H and O–H groups in total. The number of likely N-dealkylation sites (tertiary alicyclic amines) is 2. The van der Waals surface area contributed by atoms with Gasteiger partial charge in [-0.05, 0) is 108 Å². The maximum Gasteiger partial charge on any atom is 0.273 e. The Balaban J connectivity index is 0.000000148. The number of halogens is 1. The Morgan fingerprint density at radius 3 is 1.69 bits per heavy atom. The standard InChI is InChI=1S/C13H17BrN2OS.C13H19N3OS/c2*14-12-8-10(15-18-12)13(17)16-7-3-5-9-4-1-2-6-11(9)16/h8-9,11H,1-7H2;8-9,11H,1-7,14H2/t2*9-,11-/m00/s1. The van der Waals surface area contributed by atoms with Gasteiger partial charge in [-0.15, -0.1) is 0 Å². The molecule has 4 atom stereocenters. The molecule has 2 aliphatic carbocycles. The van der Waals surface area contributed by atoms with Crippen molar-refractivity contribution < 1.29 is 9.59 Å². The molecule has 2 saturated carbocycles.